The Morgan fingerprint density at radius 1 is 0.895 bits per heavy atom. The highest BCUT2D eigenvalue weighted by Gasteiger charge is 2.01. The highest BCUT2D eigenvalue weighted by molar-refractivity contribution is 5.79. The van der Waals surface area contributed by atoms with Gasteiger partial charge in [-0.2, -0.15) is 0 Å². The van der Waals surface area contributed by atoms with Gasteiger partial charge in [0.2, 0.25) is 0 Å². The first-order valence-electron chi connectivity index (χ1n) is 6.60. The molecule has 0 aliphatic carbocycles. The maximum absolute atomic E-state index is 10.7. The number of carbonyl (C=O) groups excluding carboxylic acids is 1. The summed E-state index contributed by atoms with van der Waals surface area (Å²) in [6.45, 7) is 0. The summed E-state index contributed by atoms with van der Waals surface area (Å²) in [7, 11) is 0. The lowest BCUT2D eigenvalue weighted by molar-refractivity contribution is 0.112. The largest absolute Gasteiger partial charge is 0.507 e. The van der Waals surface area contributed by atoms with Crippen LogP contribution in [-0.4, -0.2) is 11.4 Å². The fraction of sp³-hybridized carbons (Fsp3) is 0.235. The van der Waals surface area contributed by atoms with E-state index < -0.39 is 0 Å². The molecule has 0 amide bonds. The second-order valence-electron chi connectivity index (χ2n) is 4.70. The van der Waals surface area contributed by atoms with Gasteiger partial charge in [0.15, 0.2) is 6.29 Å². The first kappa shape index (κ1) is 13.3. The number of benzene rings is 2. The van der Waals surface area contributed by atoms with Crippen molar-refractivity contribution in [3.8, 4) is 5.75 Å². The van der Waals surface area contributed by atoms with E-state index in [4.69, 9.17) is 0 Å². The van der Waals surface area contributed by atoms with Gasteiger partial charge in [0.05, 0.1) is 5.56 Å². The van der Waals surface area contributed by atoms with E-state index in [9.17, 15) is 9.90 Å². The first-order valence-corrected chi connectivity index (χ1v) is 6.60. The van der Waals surface area contributed by atoms with Crippen LogP contribution < -0.4 is 0 Å². The Labute approximate surface area is 113 Å². The molecule has 2 aromatic rings. The van der Waals surface area contributed by atoms with Crippen molar-refractivity contribution in [1.29, 1.82) is 0 Å². The van der Waals surface area contributed by atoms with E-state index in [1.54, 1.807) is 12.1 Å². The van der Waals surface area contributed by atoms with Gasteiger partial charge in [0.25, 0.3) is 0 Å². The third-order valence-electron chi connectivity index (χ3n) is 3.24. The number of hydrogen-bond acceptors (Lipinski definition) is 2. The molecule has 0 bridgehead atoms. The molecular weight excluding hydrogens is 236 g/mol. The summed E-state index contributed by atoms with van der Waals surface area (Å²) in [5.74, 6) is 0.0584. The number of rotatable bonds is 6. The lowest BCUT2D eigenvalue weighted by Gasteiger charge is -2.04. The van der Waals surface area contributed by atoms with Crippen molar-refractivity contribution >= 4 is 6.29 Å². The van der Waals surface area contributed by atoms with Crippen molar-refractivity contribution in [2.75, 3.05) is 0 Å². The zero-order chi connectivity index (χ0) is 13.5. The Morgan fingerprint density at radius 2 is 1.58 bits per heavy atom. The molecular formula is C17H18O2. The summed E-state index contributed by atoms with van der Waals surface area (Å²) < 4.78 is 0. The Morgan fingerprint density at radius 3 is 2.26 bits per heavy atom. The first-order chi connectivity index (χ1) is 9.29. The van der Waals surface area contributed by atoms with E-state index in [1.807, 2.05) is 12.1 Å². The quantitative estimate of drug-likeness (QED) is 0.629. The summed E-state index contributed by atoms with van der Waals surface area (Å²) in [6, 6.07) is 15.7. The number of aromatic hydroxyl groups is 1. The average molecular weight is 254 g/mol. The maximum Gasteiger partial charge on any atom is 0.153 e. The number of hydrogen-bond donors (Lipinski definition) is 1. The highest BCUT2D eigenvalue weighted by atomic mass is 16.3. The Balaban J connectivity index is 1.81. The molecule has 0 saturated carbocycles. The number of carbonyl (C=O) groups is 1. The molecule has 0 aliphatic heterocycles. The van der Waals surface area contributed by atoms with Gasteiger partial charge in [-0.1, -0.05) is 36.4 Å². The number of aryl methyl sites for hydroxylation is 2. The van der Waals surface area contributed by atoms with Gasteiger partial charge in [-0.05, 0) is 48.9 Å². The van der Waals surface area contributed by atoms with Crippen LogP contribution in [0, 0.1) is 0 Å². The van der Waals surface area contributed by atoms with Crippen molar-refractivity contribution in [2.24, 2.45) is 0 Å². The smallest absolute Gasteiger partial charge is 0.153 e. The lowest BCUT2D eigenvalue weighted by atomic mass is 10.0. The summed E-state index contributed by atoms with van der Waals surface area (Å²) in [4.78, 5) is 10.7. The van der Waals surface area contributed by atoms with Crippen LogP contribution in [0.25, 0.3) is 0 Å². The third-order valence-corrected chi connectivity index (χ3v) is 3.24. The van der Waals surface area contributed by atoms with Crippen LogP contribution in [0.5, 0.6) is 5.75 Å². The van der Waals surface area contributed by atoms with Crippen LogP contribution in [0.3, 0.4) is 0 Å². The second kappa shape index (κ2) is 6.74. The predicted octanol–water partition coefficient (Wildman–Crippen LogP) is 3.77. The fourth-order valence-electron chi connectivity index (χ4n) is 2.16. The predicted molar refractivity (Wildman–Crippen MR) is 76.6 cm³/mol. The second-order valence-corrected chi connectivity index (χ2v) is 4.70. The molecule has 2 aromatic carbocycles. The minimum Gasteiger partial charge on any atom is -0.507 e. The number of phenols is 1. The normalized spacial score (nSPS) is 10.3. The van der Waals surface area contributed by atoms with Gasteiger partial charge in [-0.3, -0.25) is 4.79 Å². The molecule has 0 aliphatic rings. The number of phenolic OH excluding ortho intramolecular Hbond substituents is 1. The van der Waals surface area contributed by atoms with Crippen molar-refractivity contribution in [3.63, 3.8) is 0 Å². The third kappa shape index (κ3) is 3.95. The van der Waals surface area contributed by atoms with Crippen LogP contribution in [0.1, 0.15) is 34.3 Å². The number of aldehydes is 1. The van der Waals surface area contributed by atoms with Gasteiger partial charge >= 0.3 is 0 Å². The summed E-state index contributed by atoms with van der Waals surface area (Å²) in [5.41, 5.74) is 2.84. The van der Waals surface area contributed by atoms with Crippen molar-refractivity contribution in [3.05, 3.63) is 65.2 Å². The Bertz CT molecular complexity index is 532. The standard InChI is InChI=1S/C17H18O2/c18-13-16-12-15(10-11-17(16)19)9-5-4-8-14-6-2-1-3-7-14/h1-3,6-7,10-13,19H,4-5,8-9H2. The number of unbranched alkanes of at least 4 members (excludes halogenated alkanes) is 1. The van der Waals surface area contributed by atoms with Crippen LogP contribution in [0.15, 0.2) is 48.5 Å². The van der Waals surface area contributed by atoms with Crippen molar-refractivity contribution in [1.82, 2.24) is 0 Å². The minimum atomic E-state index is 0.0584. The average Bonchev–Trinajstić information content (AvgIpc) is 2.46. The molecule has 0 unspecified atom stereocenters. The molecule has 0 atom stereocenters. The van der Waals surface area contributed by atoms with Gasteiger partial charge in [-0.15, -0.1) is 0 Å². The maximum atomic E-state index is 10.7. The van der Waals surface area contributed by atoms with Gasteiger partial charge in [0, 0.05) is 0 Å². The molecule has 2 heteroatoms. The molecule has 0 aromatic heterocycles. The van der Waals surface area contributed by atoms with E-state index in [0.29, 0.717) is 11.8 Å². The van der Waals surface area contributed by atoms with E-state index in [-0.39, 0.29) is 5.75 Å². The monoisotopic (exact) mass is 254 g/mol. The summed E-state index contributed by atoms with van der Waals surface area (Å²) in [6.07, 6.45) is 4.93. The topological polar surface area (TPSA) is 37.3 Å². The van der Waals surface area contributed by atoms with Gasteiger partial charge < -0.3 is 5.11 Å². The van der Waals surface area contributed by atoms with E-state index in [1.165, 1.54) is 5.56 Å². The van der Waals surface area contributed by atoms with E-state index in [2.05, 4.69) is 24.3 Å². The molecule has 0 fully saturated rings. The van der Waals surface area contributed by atoms with E-state index in [0.717, 1.165) is 31.2 Å². The molecule has 1 N–H and O–H groups in total. The molecule has 2 nitrogen and oxygen atoms in total. The molecule has 0 heterocycles. The molecule has 98 valence electrons. The molecule has 0 spiro atoms. The van der Waals surface area contributed by atoms with Crippen LogP contribution in [0.2, 0.25) is 0 Å². The minimum absolute atomic E-state index is 0.0584. The van der Waals surface area contributed by atoms with Crippen molar-refractivity contribution < 1.29 is 9.90 Å². The highest BCUT2D eigenvalue weighted by Crippen LogP contribution is 2.18. The van der Waals surface area contributed by atoms with Crippen LogP contribution in [0.4, 0.5) is 0 Å². The lowest BCUT2D eigenvalue weighted by Crippen LogP contribution is -1.91. The fourth-order valence-corrected chi connectivity index (χ4v) is 2.16. The Kier molecular flexibility index (Phi) is 4.73. The molecule has 0 radical (unpaired) electrons. The van der Waals surface area contributed by atoms with E-state index >= 15 is 0 Å². The zero-order valence-corrected chi connectivity index (χ0v) is 10.9. The Hall–Kier alpha value is -2.09. The molecule has 19 heavy (non-hydrogen) atoms. The van der Waals surface area contributed by atoms with Crippen LogP contribution >= 0.6 is 0 Å². The zero-order valence-electron chi connectivity index (χ0n) is 10.9. The summed E-state index contributed by atoms with van der Waals surface area (Å²) >= 11 is 0. The van der Waals surface area contributed by atoms with Gasteiger partial charge in [0.1, 0.15) is 5.75 Å². The molecule has 0 saturated heterocycles. The summed E-state index contributed by atoms with van der Waals surface area (Å²) in [5, 5.41) is 9.42. The van der Waals surface area contributed by atoms with Crippen LogP contribution in [-0.2, 0) is 12.8 Å². The molecule has 2 rings (SSSR count). The van der Waals surface area contributed by atoms with Crippen molar-refractivity contribution in [2.45, 2.75) is 25.7 Å². The SMILES string of the molecule is O=Cc1cc(CCCCc2ccccc2)ccc1O. The van der Waals surface area contributed by atoms with Gasteiger partial charge in [-0.25, -0.2) is 0 Å².